The molecule has 1 heterocycles. The fourth-order valence-electron chi connectivity index (χ4n) is 2.85. The normalized spacial score (nSPS) is 10.4. The van der Waals surface area contributed by atoms with Crippen molar-refractivity contribution >= 4 is 23.1 Å². The molecule has 3 rings (SSSR count). The first kappa shape index (κ1) is 18.5. The minimum Gasteiger partial charge on any atom is -0.497 e. The Morgan fingerprint density at radius 1 is 0.963 bits per heavy atom. The predicted molar refractivity (Wildman–Crippen MR) is 109 cm³/mol. The number of methoxy groups -OCH3 is 2. The minimum atomic E-state index is 0.517. The molecular weight excluding hydrogens is 340 g/mol. The van der Waals surface area contributed by atoms with Gasteiger partial charge in [0.25, 0.3) is 0 Å². The number of para-hydroxylation sites is 1. The van der Waals surface area contributed by atoms with E-state index in [0.29, 0.717) is 11.7 Å². The van der Waals surface area contributed by atoms with E-state index in [4.69, 9.17) is 14.5 Å². The molecule has 1 N–H and O–H groups in total. The Balaban J connectivity index is 1.94. The Labute approximate surface area is 159 Å². The molecule has 0 saturated heterocycles. The van der Waals surface area contributed by atoms with Crippen molar-refractivity contribution in [3.63, 3.8) is 0 Å². The van der Waals surface area contributed by atoms with Gasteiger partial charge in [-0.1, -0.05) is 18.2 Å². The van der Waals surface area contributed by atoms with Crippen LogP contribution in [0.2, 0.25) is 0 Å². The largest absolute Gasteiger partial charge is 0.497 e. The summed E-state index contributed by atoms with van der Waals surface area (Å²) in [6, 6.07) is 17.7. The highest BCUT2D eigenvalue weighted by Crippen LogP contribution is 2.31. The molecule has 0 amide bonds. The lowest BCUT2D eigenvalue weighted by Crippen LogP contribution is -2.18. The van der Waals surface area contributed by atoms with Crippen molar-refractivity contribution in [3.05, 3.63) is 60.3 Å². The fraction of sp³-hybridized carbons (Fsp3) is 0.238. The molecule has 6 heteroatoms. The molecule has 0 spiro atoms. The lowest BCUT2D eigenvalue weighted by Gasteiger charge is -2.23. The Morgan fingerprint density at radius 2 is 1.74 bits per heavy atom. The topological polar surface area (TPSA) is 59.5 Å². The van der Waals surface area contributed by atoms with E-state index in [0.717, 1.165) is 35.2 Å². The van der Waals surface area contributed by atoms with E-state index in [-0.39, 0.29) is 0 Å². The number of nitrogens with zero attached hydrogens (tertiary/aromatic N) is 3. The van der Waals surface area contributed by atoms with Crippen LogP contribution in [0, 0.1) is 6.92 Å². The first-order valence-electron chi connectivity index (χ1n) is 8.82. The van der Waals surface area contributed by atoms with E-state index in [1.165, 1.54) is 0 Å². The highest BCUT2D eigenvalue weighted by Gasteiger charge is 2.13. The molecule has 27 heavy (non-hydrogen) atoms. The standard InChI is InChI=1S/C21H24N4O2/c1-5-25(16-9-7-6-8-10-16)20-13-15(2)22-21(24-20)23-18-12-11-17(26-3)14-19(18)27-4/h6-14H,5H2,1-4H3,(H,22,23,24). The first-order chi connectivity index (χ1) is 13.1. The molecule has 0 atom stereocenters. The average Bonchev–Trinajstić information content (AvgIpc) is 2.69. The summed E-state index contributed by atoms with van der Waals surface area (Å²) < 4.78 is 10.7. The summed E-state index contributed by atoms with van der Waals surface area (Å²) in [5, 5.41) is 3.26. The second-order valence-electron chi connectivity index (χ2n) is 5.96. The number of benzene rings is 2. The molecule has 140 valence electrons. The Hall–Kier alpha value is -3.28. The van der Waals surface area contributed by atoms with Gasteiger partial charge in [0.05, 0.1) is 19.9 Å². The van der Waals surface area contributed by atoms with Crippen LogP contribution < -0.4 is 19.7 Å². The van der Waals surface area contributed by atoms with E-state index in [9.17, 15) is 0 Å². The lowest BCUT2D eigenvalue weighted by atomic mass is 10.2. The fourth-order valence-corrected chi connectivity index (χ4v) is 2.85. The van der Waals surface area contributed by atoms with Crippen LogP contribution in [0.4, 0.5) is 23.1 Å². The molecule has 0 saturated carbocycles. The highest BCUT2D eigenvalue weighted by atomic mass is 16.5. The maximum Gasteiger partial charge on any atom is 0.229 e. The molecule has 0 aliphatic carbocycles. The maximum atomic E-state index is 5.45. The van der Waals surface area contributed by atoms with Gasteiger partial charge in [-0.15, -0.1) is 0 Å². The molecule has 3 aromatic rings. The predicted octanol–water partition coefficient (Wildman–Crippen LogP) is 4.70. The van der Waals surface area contributed by atoms with Crippen LogP contribution in [0.25, 0.3) is 0 Å². The van der Waals surface area contributed by atoms with Crippen molar-refractivity contribution in [2.45, 2.75) is 13.8 Å². The summed E-state index contributed by atoms with van der Waals surface area (Å²) in [5.74, 6) is 2.75. The molecule has 0 unspecified atom stereocenters. The van der Waals surface area contributed by atoms with Crippen LogP contribution in [0.15, 0.2) is 54.6 Å². The van der Waals surface area contributed by atoms with E-state index in [2.05, 4.69) is 34.3 Å². The van der Waals surface area contributed by atoms with Crippen molar-refractivity contribution in [1.82, 2.24) is 9.97 Å². The van der Waals surface area contributed by atoms with Crippen LogP contribution in [-0.4, -0.2) is 30.7 Å². The zero-order valence-corrected chi connectivity index (χ0v) is 16.1. The third-order valence-corrected chi connectivity index (χ3v) is 4.16. The summed E-state index contributed by atoms with van der Waals surface area (Å²) in [4.78, 5) is 11.4. The summed E-state index contributed by atoms with van der Waals surface area (Å²) in [6.45, 7) is 4.86. The van der Waals surface area contributed by atoms with Gasteiger partial charge in [-0.25, -0.2) is 4.98 Å². The molecule has 0 aliphatic rings. The number of anilines is 4. The molecule has 0 bridgehead atoms. The third-order valence-electron chi connectivity index (χ3n) is 4.16. The summed E-state index contributed by atoms with van der Waals surface area (Å²) in [6.07, 6.45) is 0. The molecular formula is C21H24N4O2. The van der Waals surface area contributed by atoms with Gasteiger partial charge < -0.3 is 19.7 Å². The van der Waals surface area contributed by atoms with Crippen molar-refractivity contribution in [1.29, 1.82) is 0 Å². The van der Waals surface area contributed by atoms with Gasteiger partial charge in [0.2, 0.25) is 5.95 Å². The van der Waals surface area contributed by atoms with Crippen LogP contribution in [0.5, 0.6) is 11.5 Å². The number of ether oxygens (including phenoxy) is 2. The van der Waals surface area contributed by atoms with Gasteiger partial charge in [-0.05, 0) is 38.1 Å². The van der Waals surface area contributed by atoms with Crippen molar-refractivity contribution in [3.8, 4) is 11.5 Å². The number of nitrogens with one attached hydrogen (secondary N) is 1. The molecule has 0 aliphatic heterocycles. The average molecular weight is 364 g/mol. The zero-order chi connectivity index (χ0) is 19.2. The van der Waals surface area contributed by atoms with Gasteiger partial charge >= 0.3 is 0 Å². The Bertz CT molecular complexity index is 900. The van der Waals surface area contributed by atoms with Gasteiger partial charge in [0.1, 0.15) is 17.3 Å². The van der Waals surface area contributed by atoms with E-state index in [1.54, 1.807) is 14.2 Å². The summed E-state index contributed by atoms with van der Waals surface area (Å²) in [5.41, 5.74) is 2.74. The monoisotopic (exact) mass is 364 g/mol. The quantitative estimate of drug-likeness (QED) is 0.655. The van der Waals surface area contributed by atoms with Crippen molar-refractivity contribution in [2.24, 2.45) is 0 Å². The van der Waals surface area contributed by atoms with Crippen LogP contribution >= 0.6 is 0 Å². The molecule has 0 radical (unpaired) electrons. The molecule has 2 aromatic carbocycles. The highest BCUT2D eigenvalue weighted by molar-refractivity contribution is 5.66. The van der Waals surface area contributed by atoms with Crippen molar-refractivity contribution in [2.75, 3.05) is 31.0 Å². The second kappa shape index (κ2) is 8.40. The molecule has 1 aromatic heterocycles. The third kappa shape index (κ3) is 4.28. The van der Waals surface area contributed by atoms with E-state index < -0.39 is 0 Å². The van der Waals surface area contributed by atoms with E-state index in [1.807, 2.05) is 49.4 Å². The Kier molecular flexibility index (Phi) is 5.76. The number of rotatable bonds is 7. The van der Waals surface area contributed by atoms with Gasteiger partial charge in [-0.3, -0.25) is 0 Å². The number of hydrogen-bond donors (Lipinski definition) is 1. The molecule has 6 nitrogen and oxygen atoms in total. The zero-order valence-electron chi connectivity index (χ0n) is 16.1. The number of aryl methyl sites for hydroxylation is 1. The molecule has 0 fully saturated rings. The first-order valence-corrected chi connectivity index (χ1v) is 8.82. The summed E-state index contributed by atoms with van der Waals surface area (Å²) in [7, 11) is 3.25. The van der Waals surface area contributed by atoms with Crippen LogP contribution in [-0.2, 0) is 0 Å². The van der Waals surface area contributed by atoms with Crippen LogP contribution in [0.3, 0.4) is 0 Å². The van der Waals surface area contributed by atoms with Gasteiger partial charge in [0, 0.05) is 30.1 Å². The number of hydrogen-bond acceptors (Lipinski definition) is 6. The van der Waals surface area contributed by atoms with Crippen molar-refractivity contribution < 1.29 is 9.47 Å². The van der Waals surface area contributed by atoms with Gasteiger partial charge in [-0.2, -0.15) is 4.98 Å². The second-order valence-corrected chi connectivity index (χ2v) is 5.96. The van der Waals surface area contributed by atoms with E-state index >= 15 is 0 Å². The maximum absolute atomic E-state index is 5.45. The van der Waals surface area contributed by atoms with Crippen LogP contribution in [0.1, 0.15) is 12.6 Å². The Morgan fingerprint density at radius 3 is 2.41 bits per heavy atom. The number of aromatic nitrogens is 2. The lowest BCUT2D eigenvalue weighted by molar-refractivity contribution is 0.395. The minimum absolute atomic E-state index is 0.517. The van der Waals surface area contributed by atoms with Gasteiger partial charge in [0.15, 0.2) is 0 Å². The SMILES string of the molecule is CCN(c1ccccc1)c1cc(C)nc(Nc2ccc(OC)cc2OC)n1. The summed E-state index contributed by atoms with van der Waals surface area (Å²) >= 11 is 0. The smallest absolute Gasteiger partial charge is 0.229 e.